The Labute approximate surface area is 150 Å². The van der Waals surface area contributed by atoms with Crippen molar-refractivity contribution in [3.05, 3.63) is 40.2 Å². The average Bonchev–Trinajstić information content (AvgIpc) is 3.11. The summed E-state index contributed by atoms with van der Waals surface area (Å²) in [6, 6.07) is 9.69. The second-order valence-corrected chi connectivity index (χ2v) is 6.89. The molecule has 26 heavy (non-hydrogen) atoms. The third-order valence-corrected chi connectivity index (χ3v) is 5.23. The number of benzene rings is 1. The standard InChI is InChI=1S/C19H20N4O3/c1-22-16-5-3-2-4-14(16)17(15(8-20)19(22)25)23-9-12(10-23)18(24)21-13-6-7-26-11-13/h2-5,12-13H,6-7,9-11H2,1H3,(H,21,24). The van der Waals surface area contributed by atoms with Crippen molar-refractivity contribution in [2.24, 2.45) is 13.0 Å². The van der Waals surface area contributed by atoms with Crippen LogP contribution in [0.25, 0.3) is 10.9 Å². The van der Waals surface area contributed by atoms with Gasteiger partial charge in [-0.2, -0.15) is 5.26 Å². The first-order valence-corrected chi connectivity index (χ1v) is 8.75. The summed E-state index contributed by atoms with van der Waals surface area (Å²) >= 11 is 0. The van der Waals surface area contributed by atoms with E-state index in [9.17, 15) is 14.9 Å². The molecular formula is C19H20N4O3. The number of fused-ring (bicyclic) bond motifs is 1. The number of hydrogen-bond acceptors (Lipinski definition) is 5. The van der Waals surface area contributed by atoms with Gasteiger partial charge < -0.3 is 19.5 Å². The molecule has 2 fully saturated rings. The summed E-state index contributed by atoms with van der Waals surface area (Å²) in [6.07, 6.45) is 0.847. The van der Waals surface area contributed by atoms with Crippen LogP contribution in [-0.2, 0) is 16.6 Å². The zero-order valence-electron chi connectivity index (χ0n) is 14.6. The Hall–Kier alpha value is -2.85. The highest BCUT2D eigenvalue weighted by Crippen LogP contribution is 2.33. The van der Waals surface area contributed by atoms with Gasteiger partial charge in [-0.3, -0.25) is 9.59 Å². The Morgan fingerprint density at radius 3 is 2.81 bits per heavy atom. The molecule has 7 heteroatoms. The lowest BCUT2D eigenvalue weighted by Crippen LogP contribution is -2.55. The highest BCUT2D eigenvalue weighted by Gasteiger charge is 2.36. The van der Waals surface area contributed by atoms with Crippen LogP contribution in [-0.4, -0.2) is 42.8 Å². The zero-order valence-corrected chi connectivity index (χ0v) is 14.6. The highest BCUT2D eigenvalue weighted by molar-refractivity contribution is 5.96. The van der Waals surface area contributed by atoms with Crippen molar-refractivity contribution >= 4 is 22.5 Å². The molecule has 1 N–H and O–H groups in total. The number of pyridine rings is 1. The maximum Gasteiger partial charge on any atom is 0.270 e. The lowest BCUT2D eigenvalue weighted by Gasteiger charge is -2.41. The van der Waals surface area contributed by atoms with E-state index in [-0.39, 0.29) is 29.0 Å². The van der Waals surface area contributed by atoms with Gasteiger partial charge in [-0.25, -0.2) is 0 Å². The molecule has 1 atom stereocenters. The van der Waals surface area contributed by atoms with E-state index in [1.165, 1.54) is 4.57 Å². The molecule has 0 bridgehead atoms. The molecule has 0 aliphatic carbocycles. The molecule has 2 aromatic rings. The summed E-state index contributed by atoms with van der Waals surface area (Å²) in [5.74, 6) is -0.117. The van der Waals surface area contributed by atoms with Gasteiger partial charge in [-0.1, -0.05) is 18.2 Å². The van der Waals surface area contributed by atoms with Crippen LogP contribution < -0.4 is 15.8 Å². The number of nitriles is 1. The highest BCUT2D eigenvalue weighted by atomic mass is 16.5. The van der Waals surface area contributed by atoms with Crippen LogP contribution in [0.3, 0.4) is 0 Å². The quantitative estimate of drug-likeness (QED) is 0.881. The van der Waals surface area contributed by atoms with Crippen LogP contribution in [0.4, 0.5) is 5.69 Å². The van der Waals surface area contributed by atoms with Gasteiger partial charge in [-0.05, 0) is 12.5 Å². The van der Waals surface area contributed by atoms with E-state index in [2.05, 4.69) is 11.4 Å². The van der Waals surface area contributed by atoms with Crippen molar-refractivity contribution in [3.63, 3.8) is 0 Å². The molecule has 1 unspecified atom stereocenters. The first-order chi connectivity index (χ1) is 12.6. The predicted octanol–water partition coefficient (Wildman–Crippen LogP) is 0.751. The fraction of sp³-hybridized carbons (Fsp3) is 0.421. The number of aryl methyl sites for hydroxylation is 1. The number of para-hydroxylation sites is 1. The topological polar surface area (TPSA) is 87.4 Å². The number of rotatable bonds is 3. The van der Waals surface area contributed by atoms with Gasteiger partial charge in [0, 0.05) is 32.1 Å². The van der Waals surface area contributed by atoms with Crippen molar-refractivity contribution in [3.8, 4) is 6.07 Å². The molecule has 2 aliphatic rings. The van der Waals surface area contributed by atoms with Crippen molar-refractivity contribution in [2.45, 2.75) is 12.5 Å². The van der Waals surface area contributed by atoms with E-state index < -0.39 is 0 Å². The van der Waals surface area contributed by atoms with Crippen molar-refractivity contribution in [1.82, 2.24) is 9.88 Å². The van der Waals surface area contributed by atoms with Crippen LogP contribution in [0.15, 0.2) is 29.1 Å². The molecule has 0 saturated carbocycles. The Bertz CT molecular complexity index is 963. The normalized spacial score (nSPS) is 20.0. The summed E-state index contributed by atoms with van der Waals surface area (Å²) in [6.45, 7) is 2.27. The number of hydrogen-bond donors (Lipinski definition) is 1. The molecule has 2 saturated heterocycles. The SMILES string of the molecule is Cn1c(=O)c(C#N)c(N2CC(C(=O)NC3CCOC3)C2)c2ccccc21. The second-order valence-electron chi connectivity index (χ2n) is 6.89. The molecule has 2 aliphatic heterocycles. The maximum absolute atomic E-state index is 12.5. The van der Waals surface area contributed by atoms with Crippen LogP contribution in [0.5, 0.6) is 0 Å². The summed E-state index contributed by atoms with van der Waals surface area (Å²) in [4.78, 5) is 26.9. The number of nitrogens with one attached hydrogen (secondary N) is 1. The second kappa shape index (κ2) is 6.46. The first kappa shape index (κ1) is 16.6. The minimum absolute atomic E-state index is 0.0170. The molecule has 4 rings (SSSR count). The first-order valence-electron chi connectivity index (χ1n) is 8.75. The van der Waals surface area contributed by atoms with E-state index in [1.807, 2.05) is 29.2 Å². The monoisotopic (exact) mass is 352 g/mol. The van der Waals surface area contributed by atoms with Crippen molar-refractivity contribution < 1.29 is 9.53 Å². The third kappa shape index (κ3) is 2.63. The van der Waals surface area contributed by atoms with Gasteiger partial charge in [0.25, 0.3) is 5.56 Å². The minimum atomic E-state index is -0.308. The fourth-order valence-corrected chi connectivity index (χ4v) is 3.70. The number of ether oxygens (including phenoxy) is 1. The van der Waals surface area contributed by atoms with Gasteiger partial charge in [0.2, 0.25) is 5.91 Å². The number of carbonyl (C=O) groups is 1. The molecular weight excluding hydrogens is 332 g/mol. The summed E-state index contributed by atoms with van der Waals surface area (Å²) in [5, 5.41) is 13.4. The zero-order chi connectivity index (χ0) is 18.3. The molecule has 1 aromatic heterocycles. The molecule has 0 radical (unpaired) electrons. The number of anilines is 1. The van der Waals surface area contributed by atoms with Gasteiger partial charge in [0.15, 0.2) is 0 Å². The number of carbonyl (C=O) groups excluding carboxylic acids is 1. The van der Waals surface area contributed by atoms with Crippen LogP contribution in [0.1, 0.15) is 12.0 Å². The van der Waals surface area contributed by atoms with E-state index in [4.69, 9.17) is 4.74 Å². The lowest BCUT2D eigenvalue weighted by atomic mass is 9.95. The largest absolute Gasteiger partial charge is 0.379 e. The Kier molecular flexibility index (Phi) is 4.13. The Balaban J connectivity index is 1.60. The molecule has 134 valence electrons. The smallest absolute Gasteiger partial charge is 0.270 e. The summed E-state index contributed by atoms with van der Waals surface area (Å²) < 4.78 is 6.79. The van der Waals surface area contributed by atoms with E-state index in [0.29, 0.717) is 32.0 Å². The maximum atomic E-state index is 12.5. The molecule has 1 amide bonds. The van der Waals surface area contributed by atoms with E-state index >= 15 is 0 Å². The fourth-order valence-electron chi connectivity index (χ4n) is 3.70. The minimum Gasteiger partial charge on any atom is -0.379 e. The number of nitrogens with zero attached hydrogens (tertiary/aromatic N) is 3. The van der Waals surface area contributed by atoms with Crippen LogP contribution >= 0.6 is 0 Å². The Morgan fingerprint density at radius 1 is 1.35 bits per heavy atom. The summed E-state index contributed by atoms with van der Waals surface area (Å²) in [5.41, 5.74) is 1.24. The molecule has 1 aromatic carbocycles. The number of aromatic nitrogens is 1. The molecule has 7 nitrogen and oxygen atoms in total. The van der Waals surface area contributed by atoms with Gasteiger partial charge in [0.05, 0.1) is 29.8 Å². The Morgan fingerprint density at radius 2 is 2.12 bits per heavy atom. The average molecular weight is 352 g/mol. The summed E-state index contributed by atoms with van der Waals surface area (Å²) in [7, 11) is 1.67. The van der Waals surface area contributed by atoms with Gasteiger partial charge >= 0.3 is 0 Å². The molecule has 0 spiro atoms. The van der Waals surface area contributed by atoms with E-state index in [1.54, 1.807) is 7.05 Å². The van der Waals surface area contributed by atoms with Crippen molar-refractivity contribution in [2.75, 3.05) is 31.2 Å². The third-order valence-electron chi connectivity index (χ3n) is 5.23. The van der Waals surface area contributed by atoms with Crippen molar-refractivity contribution in [1.29, 1.82) is 5.26 Å². The molecule has 3 heterocycles. The van der Waals surface area contributed by atoms with Crippen LogP contribution in [0, 0.1) is 17.2 Å². The van der Waals surface area contributed by atoms with Gasteiger partial charge in [0.1, 0.15) is 11.6 Å². The van der Waals surface area contributed by atoms with Gasteiger partial charge in [-0.15, -0.1) is 0 Å². The van der Waals surface area contributed by atoms with E-state index in [0.717, 1.165) is 17.3 Å². The van der Waals surface area contributed by atoms with Crippen LogP contribution in [0.2, 0.25) is 0 Å². The number of amides is 1. The predicted molar refractivity (Wildman–Crippen MR) is 97.0 cm³/mol. The lowest BCUT2D eigenvalue weighted by molar-refractivity contribution is -0.126.